The van der Waals surface area contributed by atoms with Crippen molar-refractivity contribution in [3.63, 3.8) is 0 Å². The Morgan fingerprint density at radius 1 is 0.938 bits per heavy atom. The summed E-state index contributed by atoms with van der Waals surface area (Å²) in [7, 11) is -1.25. The van der Waals surface area contributed by atoms with Gasteiger partial charge in [0.1, 0.15) is 46.3 Å². The number of amides is 1. The number of nitrogens with zero attached hydrogens (tertiary/aromatic N) is 6. The number of methoxy groups -OCH3 is 2. The van der Waals surface area contributed by atoms with Crippen molar-refractivity contribution in [3.05, 3.63) is 121 Å². The summed E-state index contributed by atoms with van der Waals surface area (Å²) in [4.78, 5) is 26.2. The van der Waals surface area contributed by atoms with Crippen LogP contribution in [-0.4, -0.2) is 79.0 Å². The Labute approximate surface area is 375 Å². The fraction of sp³-hybridized carbons (Fsp3) is 0.413. The number of ether oxygens (including phenoxy) is 3. The highest BCUT2D eigenvalue weighted by atomic mass is 35.5. The zero-order chi connectivity index (χ0) is 46.0. The fourth-order valence-electron chi connectivity index (χ4n) is 9.27. The maximum Gasteiger partial charge on any atom is 0.429 e. The standard InChI is InChI=1S/C46H49ClF4N6O6S/c1-26-21-36(54(23-27-11-15-29(61-5)16-12-27)24-28-13-17-30(62-6)18-14-28)53-42(40(26)46(49,50)51)39-32(48)22-37(64(7,59)60)56-35(41(39)47)10-8-9-31-33-19-20-34-38(31)43(56)52-25-55(34)57(33)44(58)63-45(2,3)4/h11-18,21-22,31,33H,8-10,19-20,23-25H2,1-7H3/t31-,33-/m0/s1. The van der Waals surface area contributed by atoms with Crippen LogP contribution in [0.3, 0.4) is 0 Å². The summed E-state index contributed by atoms with van der Waals surface area (Å²) in [6, 6.07) is 15.3. The van der Waals surface area contributed by atoms with Crippen molar-refractivity contribution < 1.29 is 45.0 Å². The molecule has 340 valence electrons. The van der Waals surface area contributed by atoms with Crippen molar-refractivity contribution >= 4 is 44.8 Å². The SMILES string of the molecule is COc1ccc(CN(Cc2ccc(OC)cc2)c2cc(C)c(C(F)(F)F)c(C3=C(F)C=C(S(C)(=O)=O)N4C5=NCN6C7=C5[C@@H](CCCC4=C3Cl)[C@H](CC7)N6C(=O)OC(C)(C)C)n2)cc1. The van der Waals surface area contributed by atoms with Gasteiger partial charge >= 0.3 is 12.3 Å². The zero-order valence-electron chi connectivity index (χ0n) is 36.5. The van der Waals surface area contributed by atoms with Crippen LogP contribution in [0.2, 0.25) is 0 Å². The molecule has 0 saturated carbocycles. The van der Waals surface area contributed by atoms with Crippen LogP contribution in [0, 0.1) is 12.8 Å². The van der Waals surface area contributed by atoms with Gasteiger partial charge in [-0.15, -0.1) is 0 Å². The van der Waals surface area contributed by atoms with E-state index in [1.165, 1.54) is 17.9 Å². The van der Waals surface area contributed by atoms with Gasteiger partial charge in [-0.3, -0.25) is 9.91 Å². The van der Waals surface area contributed by atoms with Gasteiger partial charge in [0.05, 0.1) is 42.1 Å². The highest BCUT2D eigenvalue weighted by molar-refractivity contribution is 7.94. The number of carbonyl (C=O) groups is 1. The highest BCUT2D eigenvalue weighted by Gasteiger charge is 2.53. The summed E-state index contributed by atoms with van der Waals surface area (Å²) in [6.07, 6.45) is -1.89. The molecule has 2 saturated heterocycles. The number of allylic oxidation sites excluding steroid dienone is 6. The second-order valence-electron chi connectivity index (χ2n) is 17.5. The van der Waals surface area contributed by atoms with Gasteiger partial charge in [-0.25, -0.2) is 32.6 Å². The van der Waals surface area contributed by atoms with Gasteiger partial charge in [-0.2, -0.15) is 13.2 Å². The molecule has 1 aromatic heterocycles. The number of pyridine rings is 1. The molecule has 64 heavy (non-hydrogen) atoms. The predicted molar refractivity (Wildman–Crippen MR) is 235 cm³/mol. The van der Waals surface area contributed by atoms with E-state index in [4.69, 9.17) is 30.8 Å². The molecule has 2 atom stereocenters. The Kier molecular flexibility index (Phi) is 11.8. The Balaban J connectivity index is 1.29. The van der Waals surface area contributed by atoms with Gasteiger partial charge in [0.25, 0.3) is 0 Å². The molecule has 0 unspecified atom stereocenters. The summed E-state index contributed by atoms with van der Waals surface area (Å²) in [5, 5.41) is 2.38. The maximum absolute atomic E-state index is 17.4. The summed E-state index contributed by atoms with van der Waals surface area (Å²) in [5.41, 5.74) is -0.663. The molecule has 0 N–H and O–H groups in total. The smallest absolute Gasteiger partial charge is 0.429 e. The lowest BCUT2D eigenvalue weighted by atomic mass is 9.74. The Morgan fingerprint density at radius 3 is 2.09 bits per heavy atom. The van der Waals surface area contributed by atoms with E-state index in [2.05, 4.69) is 4.98 Å². The first-order chi connectivity index (χ1) is 30.2. The first-order valence-electron chi connectivity index (χ1n) is 20.9. The van der Waals surface area contributed by atoms with Crippen molar-refractivity contribution in [2.45, 2.75) is 90.7 Å². The number of halogens is 5. The van der Waals surface area contributed by atoms with Crippen LogP contribution >= 0.6 is 11.6 Å². The summed E-state index contributed by atoms with van der Waals surface area (Å²) >= 11 is 7.29. The lowest BCUT2D eigenvalue weighted by Gasteiger charge is -2.57. The van der Waals surface area contributed by atoms with Gasteiger partial charge < -0.3 is 19.1 Å². The average molecular weight is 925 g/mol. The molecule has 3 aromatic rings. The molecule has 18 heteroatoms. The maximum atomic E-state index is 17.4. The van der Waals surface area contributed by atoms with E-state index in [0.29, 0.717) is 42.8 Å². The number of aryl methyl sites for hydroxylation is 1. The number of sulfone groups is 1. The normalized spacial score (nSPS) is 20.0. The lowest BCUT2D eigenvalue weighted by Crippen LogP contribution is -2.64. The molecular formula is C46H49ClF4N6O6S. The number of rotatable bonds is 9. The Hall–Kier alpha value is -5.55. The Bertz CT molecular complexity index is 2610. The van der Waals surface area contributed by atoms with Crippen LogP contribution in [0.15, 0.2) is 98.5 Å². The molecular weight excluding hydrogens is 876 g/mol. The third kappa shape index (κ3) is 8.43. The molecule has 2 aromatic carbocycles. The van der Waals surface area contributed by atoms with Crippen LogP contribution < -0.4 is 14.4 Å². The van der Waals surface area contributed by atoms with E-state index in [1.807, 2.05) is 24.3 Å². The van der Waals surface area contributed by atoms with Gasteiger partial charge in [0.15, 0.2) is 9.84 Å². The third-order valence-electron chi connectivity index (χ3n) is 12.0. The van der Waals surface area contributed by atoms with Gasteiger partial charge in [0.2, 0.25) is 0 Å². The van der Waals surface area contributed by atoms with Gasteiger partial charge in [0, 0.05) is 48.3 Å². The monoisotopic (exact) mass is 924 g/mol. The second kappa shape index (κ2) is 16.8. The third-order valence-corrected chi connectivity index (χ3v) is 13.4. The number of benzene rings is 2. The van der Waals surface area contributed by atoms with E-state index in [0.717, 1.165) is 29.2 Å². The number of alkyl halides is 3. The number of hydrogen-bond acceptors (Lipinski definition) is 11. The fourth-order valence-corrected chi connectivity index (χ4v) is 10.5. The molecule has 0 spiro atoms. The van der Waals surface area contributed by atoms with Crippen LogP contribution in [0.5, 0.6) is 11.5 Å². The zero-order valence-corrected chi connectivity index (χ0v) is 38.1. The molecule has 2 fully saturated rings. The number of carbonyl (C=O) groups excluding carboxylic acids is 1. The molecule has 5 aliphatic heterocycles. The minimum absolute atomic E-state index is 0.0323. The predicted octanol–water partition coefficient (Wildman–Crippen LogP) is 10.0. The summed E-state index contributed by atoms with van der Waals surface area (Å²) in [6.45, 7) is 6.88. The minimum atomic E-state index is -5.04. The van der Waals surface area contributed by atoms with E-state index < -0.39 is 60.4 Å². The number of hydrogen-bond donors (Lipinski definition) is 0. The van der Waals surface area contributed by atoms with Gasteiger partial charge in [-0.05, 0) is 107 Å². The van der Waals surface area contributed by atoms with Crippen molar-refractivity contribution in [2.24, 2.45) is 10.9 Å². The Morgan fingerprint density at radius 2 is 1.55 bits per heavy atom. The number of aromatic nitrogens is 1. The number of amidine groups is 1. The van der Waals surface area contributed by atoms with E-state index in [1.54, 1.807) is 74.2 Å². The van der Waals surface area contributed by atoms with E-state index >= 15 is 17.6 Å². The van der Waals surface area contributed by atoms with E-state index in [9.17, 15) is 13.2 Å². The van der Waals surface area contributed by atoms with Crippen molar-refractivity contribution in [3.8, 4) is 11.5 Å². The molecule has 9 rings (SSSR count). The summed E-state index contributed by atoms with van der Waals surface area (Å²) < 4.78 is 108. The van der Waals surface area contributed by atoms with Crippen LogP contribution in [0.4, 0.5) is 28.2 Å². The van der Waals surface area contributed by atoms with Gasteiger partial charge in [-0.1, -0.05) is 35.9 Å². The first kappa shape index (κ1) is 45.0. The number of hydrazine groups is 1. The van der Waals surface area contributed by atoms with Crippen molar-refractivity contribution in [2.75, 3.05) is 32.0 Å². The quantitative estimate of drug-likeness (QED) is 0.192. The molecule has 6 heterocycles. The van der Waals surface area contributed by atoms with E-state index in [-0.39, 0.29) is 61.1 Å². The molecule has 1 amide bonds. The van der Waals surface area contributed by atoms with Crippen molar-refractivity contribution in [1.29, 1.82) is 0 Å². The molecule has 6 aliphatic rings. The topological polar surface area (TPSA) is 117 Å². The molecule has 12 nitrogen and oxygen atoms in total. The number of fused-ring (bicyclic) bond motifs is 3. The highest BCUT2D eigenvalue weighted by Crippen LogP contribution is 2.52. The molecule has 1 aliphatic carbocycles. The average Bonchev–Trinajstić information content (AvgIpc) is 3.32. The van der Waals surface area contributed by atoms with Crippen LogP contribution in [-0.2, 0) is 33.8 Å². The number of anilines is 1. The summed E-state index contributed by atoms with van der Waals surface area (Å²) in [5.74, 6) is -0.0997. The molecule has 4 bridgehead atoms. The number of aliphatic imine (C=N–C) groups is 1. The van der Waals surface area contributed by atoms with Crippen LogP contribution in [0.25, 0.3) is 5.57 Å². The lowest BCUT2D eigenvalue weighted by molar-refractivity contribution is -0.138. The largest absolute Gasteiger partial charge is 0.497 e. The van der Waals surface area contributed by atoms with Crippen LogP contribution in [0.1, 0.15) is 80.8 Å². The first-order valence-corrected chi connectivity index (χ1v) is 23.1. The second-order valence-corrected chi connectivity index (χ2v) is 19.8. The van der Waals surface area contributed by atoms with Crippen molar-refractivity contribution in [1.82, 2.24) is 19.9 Å². The molecule has 0 radical (unpaired) electrons. The minimum Gasteiger partial charge on any atom is -0.497 e.